The van der Waals surface area contributed by atoms with Gasteiger partial charge in [0.1, 0.15) is 0 Å². The topological polar surface area (TPSA) is 47.1 Å². The summed E-state index contributed by atoms with van der Waals surface area (Å²) in [6.07, 6.45) is 4.44. The second kappa shape index (κ2) is 7.65. The van der Waals surface area contributed by atoms with Crippen LogP contribution in [0.1, 0.15) is 50.9 Å². The van der Waals surface area contributed by atoms with Crippen LogP contribution in [0.25, 0.3) is 0 Å². The van der Waals surface area contributed by atoms with Crippen molar-refractivity contribution in [1.82, 2.24) is 14.7 Å². The normalized spacial score (nSPS) is 13.5. The van der Waals surface area contributed by atoms with Crippen molar-refractivity contribution in [2.24, 2.45) is 18.7 Å². The van der Waals surface area contributed by atoms with E-state index in [0.29, 0.717) is 12.6 Å². The van der Waals surface area contributed by atoms with Crippen LogP contribution in [0.5, 0.6) is 0 Å². The average Bonchev–Trinajstić information content (AvgIpc) is 2.75. The van der Waals surface area contributed by atoms with Crippen molar-refractivity contribution in [3.63, 3.8) is 0 Å². The van der Waals surface area contributed by atoms with Gasteiger partial charge in [0.15, 0.2) is 0 Å². The first kappa shape index (κ1) is 16.2. The molecule has 0 fully saturated rings. The van der Waals surface area contributed by atoms with E-state index in [0.717, 1.165) is 19.0 Å². The summed E-state index contributed by atoms with van der Waals surface area (Å²) in [5, 5.41) is 4.36. The Hall–Kier alpha value is -0.870. The maximum Gasteiger partial charge on any atom is 0.0540 e. The lowest BCUT2D eigenvalue weighted by Gasteiger charge is -2.32. The highest BCUT2D eigenvalue weighted by Crippen LogP contribution is 2.24. The number of rotatable bonds is 8. The van der Waals surface area contributed by atoms with E-state index in [-0.39, 0.29) is 0 Å². The Kier molecular flexibility index (Phi) is 6.52. The molecular weight excluding hydrogens is 236 g/mol. The van der Waals surface area contributed by atoms with E-state index < -0.39 is 0 Å². The fourth-order valence-electron chi connectivity index (χ4n) is 2.67. The lowest BCUT2D eigenvalue weighted by molar-refractivity contribution is 0.174. The van der Waals surface area contributed by atoms with Crippen LogP contribution in [-0.2, 0) is 7.05 Å². The van der Waals surface area contributed by atoms with Crippen LogP contribution in [-0.4, -0.2) is 34.3 Å². The monoisotopic (exact) mass is 266 g/mol. The van der Waals surface area contributed by atoms with E-state index in [9.17, 15) is 0 Å². The molecule has 4 nitrogen and oxygen atoms in total. The number of hydrogen-bond acceptors (Lipinski definition) is 3. The standard InChI is InChI=1S/C15H30N4/c1-6-13(7-2)11-19(8-3)15(9-16)14-10-17-18(5)12(14)4/h10,13,15H,6-9,11,16H2,1-5H3. The van der Waals surface area contributed by atoms with Gasteiger partial charge in [-0.25, -0.2) is 0 Å². The SMILES string of the molecule is CCC(CC)CN(CC)C(CN)c1cnn(C)c1C. The molecule has 4 heteroatoms. The van der Waals surface area contributed by atoms with Crippen LogP contribution in [0.2, 0.25) is 0 Å². The zero-order valence-electron chi connectivity index (χ0n) is 13.2. The summed E-state index contributed by atoms with van der Waals surface area (Å²) in [6.45, 7) is 11.7. The van der Waals surface area contributed by atoms with Gasteiger partial charge in [-0.1, -0.05) is 33.6 Å². The zero-order chi connectivity index (χ0) is 14.4. The minimum Gasteiger partial charge on any atom is -0.329 e. The van der Waals surface area contributed by atoms with E-state index in [1.54, 1.807) is 0 Å². The highest BCUT2D eigenvalue weighted by molar-refractivity contribution is 5.21. The highest BCUT2D eigenvalue weighted by atomic mass is 15.3. The zero-order valence-corrected chi connectivity index (χ0v) is 13.2. The average molecular weight is 266 g/mol. The second-order valence-electron chi connectivity index (χ2n) is 5.33. The summed E-state index contributed by atoms with van der Waals surface area (Å²) in [5.41, 5.74) is 8.54. The number of likely N-dealkylation sites (N-methyl/N-ethyl adjacent to an activating group) is 1. The third-order valence-electron chi connectivity index (χ3n) is 4.35. The number of aromatic nitrogens is 2. The summed E-state index contributed by atoms with van der Waals surface area (Å²) in [7, 11) is 1.99. The molecule has 1 atom stereocenters. The molecule has 0 radical (unpaired) electrons. The third-order valence-corrected chi connectivity index (χ3v) is 4.35. The molecule has 19 heavy (non-hydrogen) atoms. The molecule has 1 rings (SSSR count). The largest absolute Gasteiger partial charge is 0.329 e. The number of hydrogen-bond donors (Lipinski definition) is 1. The van der Waals surface area contributed by atoms with E-state index in [1.165, 1.54) is 24.1 Å². The molecule has 0 saturated carbocycles. The molecule has 1 aromatic heterocycles. The van der Waals surface area contributed by atoms with Gasteiger partial charge in [0.25, 0.3) is 0 Å². The molecule has 2 N–H and O–H groups in total. The van der Waals surface area contributed by atoms with Crippen LogP contribution < -0.4 is 5.73 Å². The summed E-state index contributed by atoms with van der Waals surface area (Å²) in [6, 6.07) is 0.291. The van der Waals surface area contributed by atoms with Gasteiger partial charge in [0.05, 0.1) is 12.2 Å². The van der Waals surface area contributed by atoms with Crippen molar-refractivity contribution in [3.05, 3.63) is 17.5 Å². The van der Waals surface area contributed by atoms with E-state index >= 15 is 0 Å². The Morgan fingerprint density at radius 2 is 1.95 bits per heavy atom. The Balaban J connectivity index is 2.89. The molecule has 0 spiro atoms. The van der Waals surface area contributed by atoms with Gasteiger partial charge in [-0.2, -0.15) is 5.10 Å². The maximum atomic E-state index is 6.04. The minimum atomic E-state index is 0.291. The summed E-state index contributed by atoms with van der Waals surface area (Å²) >= 11 is 0. The van der Waals surface area contributed by atoms with Crippen molar-refractivity contribution < 1.29 is 0 Å². The number of aryl methyl sites for hydroxylation is 1. The Bertz CT molecular complexity index is 368. The number of nitrogens with zero attached hydrogens (tertiary/aromatic N) is 3. The third kappa shape index (κ3) is 3.80. The predicted molar refractivity (Wildman–Crippen MR) is 81.1 cm³/mol. The fraction of sp³-hybridized carbons (Fsp3) is 0.800. The first-order valence-corrected chi connectivity index (χ1v) is 7.51. The van der Waals surface area contributed by atoms with Gasteiger partial charge in [0, 0.05) is 31.4 Å². The Morgan fingerprint density at radius 1 is 1.32 bits per heavy atom. The van der Waals surface area contributed by atoms with Gasteiger partial charge in [-0.3, -0.25) is 9.58 Å². The van der Waals surface area contributed by atoms with Crippen molar-refractivity contribution in [2.75, 3.05) is 19.6 Å². The first-order valence-electron chi connectivity index (χ1n) is 7.51. The first-order chi connectivity index (χ1) is 9.08. The molecule has 0 aromatic carbocycles. The molecule has 110 valence electrons. The highest BCUT2D eigenvalue weighted by Gasteiger charge is 2.23. The van der Waals surface area contributed by atoms with Crippen LogP contribution in [0.4, 0.5) is 0 Å². The van der Waals surface area contributed by atoms with Crippen molar-refractivity contribution in [1.29, 1.82) is 0 Å². The molecule has 0 amide bonds. The van der Waals surface area contributed by atoms with Crippen molar-refractivity contribution in [3.8, 4) is 0 Å². The van der Waals surface area contributed by atoms with E-state index in [1.807, 2.05) is 17.9 Å². The van der Waals surface area contributed by atoms with Crippen LogP contribution >= 0.6 is 0 Å². The summed E-state index contributed by atoms with van der Waals surface area (Å²) < 4.78 is 1.93. The van der Waals surface area contributed by atoms with Gasteiger partial charge in [-0.05, 0) is 19.4 Å². The second-order valence-corrected chi connectivity index (χ2v) is 5.33. The lowest BCUT2D eigenvalue weighted by atomic mass is 10.00. The van der Waals surface area contributed by atoms with Crippen LogP contribution in [0.3, 0.4) is 0 Å². The summed E-state index contributed by atoms with van der Waals surface area (Å²) in [4.78, 5) is 2.50. The van der Waals surface area contributed by atoms with Gasteiger partial charge >= 0.3 is 0 Å². The fourth-order valence-corrected chi connectivity index (χ4v) is 2.67. The Labute approximate surface area is 118 Å². The van der Waals surface area contributed by atoms with E-state index in [4.69, 9.17) is 5.73 Å². The molecular formula is C15H30N4. The summed E-state index contributed by atoms with van der Waals surface area (Å²) in [5.74, 6) is 0.756. The lowest BCUT2D eigenvalue weighted by Crippen LogP contribution is -2.37. The van der Waals surface area contributed by atoms with Crippen molar-refractivity contribution in [2.45, 2.75) is 46.6 Å². The smallest absolute Gasteiger partial charge is 0.0540 e. The molecule has 0 aliphatic carbocycles. The maximum absolute atomic E-state index is 6.04. The number of nitrogens with two attached hydrogens (primary N) is 1. The molecule has 0 aliphatic heterocycles. The van der Waals surface area contributed by atoms with Crippen LogP contribution in [0.15, 0.2) is 6.20 Å². The van der Waals surface area contributed by atoms with E-state index in [2.05, 4.69) is 37.7 Å². The van der Waals surface area contributed by atoms with Gasteiger partial charge in [-0.15, -0.1) is 0 Å². The van der Waals surface area contributed by atoms with Crippen LogP contribution in [0, 0.1) is 12.8 Å². The van der Waals surface area contributed by atoms with Gasteiger partial charge < -0.3 is 5.73 Å². The molecule has 1 heterocycles. The molecule has 1 aromatic rings. The minimum absolute atomic E-state index is 0.291. The Morgan fingerprint density at radius 3 is 2.32 bits per heavy atom. The predicted octanol–water partition coefficient (Wildman–Crippen LogP) is 2.49. The van der Waals surface area contributed by atoms with Crippen molar-refractivity contribution >= 4 is 0 Å². The molecule has 0 saturated heterocycles. The molecule has 0 aliphatic rings. The van der Waals surface area contributed by atoms with Gasteiger partial charge in [0.2, 0.25) is 0 Å². The molecule has 1 unspecified atom stereocenters. The molecule has 0 bridgehead atoms. The quantitative estimate of drug-likeness (QED) is 0.786.